The molecule has 0 fully saturated rings. The van der Waals surface area contributed by atoms with Gasteiger partial charge in [0.25, 0.3) is 0 Å². The Morgan fingerprint density at radius 2 is 2.36 bits per heavy atom. The van der Waals surface area contributed by atoms with Crippen molar-refractivity contribution in [1.29, 1.82) is 0 Å². The van der Waals surface area contributed by atoms with Gasteiger partial charge in [0.05, 0.1) is 0 Å². The molecule has 1 heterocycles. The van der Waals surface area contributed by atoms with Crippen LogP contribution in [0.5, 0.6) is 0 Å². The summed E-state index contributed by atoms with van der Waals surface area (Å²) in [5.74, 6) is -0.129. The van der Waals surface area contributed by atoms with E-state index >= 15 is 0 Å². The molecule has 0 aliphatic carbocycles. The zero-order valence-electron chi connectivity index (χ0n) is 7.50. The highest BCUT2D eigenvalue weighted by atomic mass is 79.9. The van der Waals surface area contributed by atoms with Crippen molar-refractivity contribution in [2.75, 3.05) is 18.4 Å². The van der Waals surface area contributed by atoms with Gasteiger partial charge in [-0.15, -0.1) is 0 Å². The number of aromatic nitrogens is 1. The van der Waals surface area contributed by atoms with E-state index in [0.29, 0.717) is 17.6 Å². The van der Waals surface area contributed by atoms with Gasteiger partial charge in [-0.2, -0.15) is 0 Å². The molecule has 5 heteroatoms. The van der Waals surface area contributed by atoms with Gasteiger partial charge in [0.15, 0.2) is 11.6 Å². The van der Waals surface area contributed by atoms with Crippen LogP contribution in [0.3, 0.4) is 0 Å². The van der Waals surface area contributed by atoms with Crippen LogP contribution in [-0.4, -0.2) is 18.1 Å². The van der Waals surface area contributed by atoms with Crippen LogP contribution in [0.4, 0.5) is 10.2 Å². The average Bonchev–Trinajstić information content (AvgIpc) is 2.15. The highest BCUT2D eigenvalue weighted by Gasteiger charge is 2.01. The Morgan fingerprint density at radius 3 is 3.00 bits per heavy atom. The quantitative estimate of drug-likeness (QED) is 0.813. The van der Waals surface area contributed by atoms with Crippen molar-refractivity contribution >= 4 is 21.7 Å². The van der Waals surface area contributed by atoms with Crippen LogP contribution in [0.25, 0.3) is 0 Å². The molecule has 3 nitrogen and oxygen atoms in total. The number of hydrogen-bond acceptors (Lipinski definition) is 3. The van der Waals surface area contributed by atoms with Crippen molar-refractivity contribution in [1.82, 2.24) is 4.98 Å². The molecule has 0 aliphatic rings. The van der Waals surface area contributed by atoms with E-state index in [4.69, 9.17) is 5.73 Å². The molecule has 0 spiro atoms. The van der Waals surface area contributed by atoms with Gasteiger partial charge < -0.3 is 11.1 Å². The molecule has 1 aromatic heterocycles. The molecule has 0 saturated heterocycles. The van der Waals surface area contributed by atoms with Crippen molar-refractivity contribution in [3.63, 3.8) is 0 Å². The third kappa shape index (κ3) is 3.43. The topological polar surface area (TPSA) is 50.9 Å². The first-order valence-electron chi connectivity index (χ1n) is 4.14. The van der Waals surface area contributed by atoms with Gasteiger partial charge in [0.1, 0.15) is 0 Å². The van der Waals surface area contributed by atoms with Crippen molar-refractivity contribution in [2.45, 2.75) is 0 Å². The first-order valence-corrected chi connectivity index (χ1v) is 4.93. The second-order valence-electron chi connectivity index (χ2n) is 2.57. The Labute approximate surface area is 90.3 Å². The van der Waals surface area contributed by atoms with Crippen molar-refractivity contribution < 1.29 is 4.39 Å². The maximum Gasteiger partial charge on any atom is 0.166 e. The summed E-state index contributed by atoms with van der Waals surface area (Å²) in [5.41, 5.74) is 5.25. The van der Waals surface area contributed by atoms with Gasteiger partial charge in [-0.25, -0.2) is 9.37 Å². The third-order valence-corrected chi connectivity index (χ3v) is 1.93. The number of nitrogens with zero attached hydrogens (tertiary/aromatic N) is 1. The number of nitrogens with two attached hydrogens (primary N) is 1. The lowest BCUT2D eigenvalue weighted by atomic mass is 10.4. The van der Waals surface area contributed by atoms with Crippen molar-refractivity contribution in [2.24, 2.45) is 5.73 Å². The van der Waals surface area contributed by atoms with Gasteiger partial charge in [0, 0.05) is 23.8 Å². The van der Waals surface area contributed by atoms with Gasteiger partial charge in [0.2, 0.25) is 0 Å². The van der Waals surface area contributed by atoms with Crippen LogP contribution < -0.4 is 11.1 Å². The summed E-state index contributed by atoms with van der Waals surface area (Å²) in [6.07, 6.45) is 5.16. The zero-order valence-corrected chi connectivity index (χ0v) is 9.09. The van der Waals surface area contributed by atoms with Crippen LogP contribution >= 0.6 is 15.9 Å². The van der Waals surface area contributed by atoms with E-state index in [-0.39, 0.29) is 11.6 Å². The number of anilines is 1. The molecule has 0 unspecified atom stereocenters. The highest BCUT2D eigenvalue weighted by Crippen LogP contribution is 2.15. The summed E-state index contributed by atoms with van der Waals surface area (Å²) in [6.45, 7) is 1.00. The number of nitrogens with one attached hydrogen (secondary N) is 1. The first kappa shape index (κ1) is 11.1. The average molecular weight is 260 g/mol. The predicted octanol–water partition coefficient (Wildman–Crippen LogP) is 1.91. The van der Waals surface area contributed by atoms with Gasteiger partial charge in [-0.3, -0.25) is 0 Å². The molecular formula is C9H11BrFN3. The van der Waals surface area contributed by atoms with Crippen LogP contribution in [-0.2, 0) is 0 Å². The predicted molar refractivity (Wildman–Crippen MR) is 58.6 cm³/mol. The van der Waals surface area contributed by atoms with Crippen molar-refractivity contribution in [3.05, 3.63) is 34.7 Å². The normalized spacial score (nSPS) is 10.8. The van der Waals surface area contributed by atoms with Crippen molar-refractivity contribution in [3.8, 4) is 0 Å². The minimum absolute atomic E-state index is 0.245. The lowest BCUT2D eigenvalue weighted by molar-refractivity contribution is 0.624. The van der Waals surface area contributed by atoms with Gasteiger partial charge in [-0.05, 0) is 22.0 Å². The molecule has 1 rings (SSSR count). The van der Waals surface area contributed by atoms with E-state index in [9.17, 15) is 4.39 Å². The largest absolute Gasteiger partial charge is 0.364 e. The van der Waals surface area contributed by atoms with Crippen LogP contribution in [0, 0.1) is 5.82 Å². The molecular weight excluding hydrogens is 249 g/mol. The Bertz CT molecular complexity index is 328. The Balaban J connectivity index is 2.55. The summed E-state index contributed by atoms with van der Waals surface area (Å²) in [4.78, 5) is 3.88. The second-order valence-corrected chi connectivity index (χ2v) is 3.49. The van der Waals surface area contributed by atoms with Crippen LogP contribution in [0.2, 0.25) is 0 Å². The number of halogens is 2. The van der Waals surface area contributed by atoms with Crippen LogP contribution in [0.15, 0.2) is 28.9 Å². The molecule has 76 valence electrons. The molecule has 14 heavy (non-hydrogen) atoms. The molecule has 0 aliphatic heterocycles. The molecule has 1 aromatic rings. The number of hydrogen-bond donors (Lipinski definition) is 2. The molecule has 0 saturated carbocycles. The Kier molecular flexibility index (Phi) is 4.55. The molecule has 0 bridgehead atoms. The maximum absolute atomic E-state index is 13.2. The highest BCUT2D eigenvalue weighted by molar-refractivity contribution is 9.10. The van der Waals surface area contributed by atoms with E-state index in [1.165, 1.54) is 12.3 Å². The third-order valence-electron chi connectivity index (χ3n) is 1.50. The second kappa shape index (κ2) is 5.72. The van der Waals surface area contributed by atoms with Gasteiger partial charge >= 0.3 is 0 Å². The molecule has 0 amide bonds. The fourth-order valence-corrected chi connectivity index (χ4v) is 1.18. The summed E-state index contributed by atoms with van der Waals surface area (Å²) in [6, 6.07) is 1.36. The maximum atomic E-state index is 13.2. The zero-order chi connectivity index (χ0) is 10.4. The summed E-state index contributed by atoms with van der Waals surface area (Å²) < 4.78 is 13.8. The SMILES string of the molecule is NC/C=C/CNc1ncc(Br)cc1F. The number of rotatable bonds is 4. The standard InChI is InChI=1S/C9H11BrFN3/c10-7-5-8(11)9(14-6-7)13-4-2-1-3-12/h1-2,5-6H,3-4,12H2,(H,13,14)/b2-1+. The molecule has 0 aromatic carbocycles. The van der Waals surface area contributed by atoms with Crippen LogP contribution in [0.1, 0.15) is 0 Å². The van der Waals surface area contributed by atoms with E-state index in [0.717, 1.165) is 0 Å². The minimum Gasteiger partial charge on any atom is -0.364 e. The van der Waals surface area contributed by atoms with E-state index in [1.54, 1.807) is 6.08 Å². The minimum atomic E-state index is -0.375. The Hall–Kier alpha value is -0.940. The van der Waals surface area contributed by atoms with E-state index in [2.05, 4.69) is 26.2 Å². The van der Waals surface area contributed by atoms with Gasteiger partial charge in [-0.1, -0.05) is 12.2 Å². The fraction of sp³-hybridized carbons (Fsp3) is 0.222. The monoisotopic (exact) mass is 259 g/mol. The molecule has 0 atom stereocenters. The fourth-order valence-electron chi connectivity index (χ4n) is 0.880. The van der Waals surface area contributed by atoms with E-state index in [1.807, 2.05) is 6.08 Å². The Morgan fingerprint density at radius 1 is 1.57 bits per heavy atom. The molecule has 3 N–H and O–H groups in total. The first-order chi connectivity index (χ1) is 6.74. The summed E-state index contributed by atoms with van der Waals surface area (Å²) in [5, 5.41) is 2.83. The lowest BCUT2D eigenvalue weighted by Crippen LogP contribution is -2.03. The smallest absolute Gasteiger partial charge is 0.166 e. The summed E-state index contributed by atoms with van der Waals surface area (Å²) in [7, 11) is 0. The van der Waals surface area contributed by atoms with E-state index < -0.39 is 0 Å². The molecule has 0 radical (unpaired) electrons. The lowest BCUT2D eigenvalue weighted by Gasteiger charge is -2.03. The summed E-state index contributed by atoms with van der Waals surface area (Å²) >= 11 is 3.13. The number of pyridine rings is 1.